The number of nitrogen functional groups attached to an aromatic ring is 1. The van der Waals surface area contributed by atoms with E-state index < -0.39 is 11.6 Å². The van der Waals surface area contributed by atoms with Gasteiger partial charge in [-0.15, -0.1) is 0 Å². The van der Waals surface area contributed by atoms with E-state index in [9.17, 15) is 9.59 Å². The number of carbonyl (C=O) groups is 1. The second-order valence-corrected chi connectivity index (χ2v) is 5.15. The molecule has 3 aromatic heterocycles. The third kappa shape index (κ3) is 3.11. The molecule has 9 nitrogen and oxygen atoms in total. The fraction of sp³-hybridized carbons (Fsp3) is 0. The standard InChI is InChI=1S/C13H9BrN6O3/c14-8-5-16-10(15)9(18-8)12(21)19-11-6(4-17-13(22)20-11)7-2-1-3-23-7/h1-5H,(H2,15,16)(H2,17,19,20,21,22). The molecule has 23 heavy (non-hydrogen) atoms. The molecule has 4 N–H and O–H groups in total. The molecule has 0 bridgehead atoms. The average molecular weight is 377 g/mol. The Morgan fingerprint density at radius 2 is 2.17 bits per heavy atom. The Kier molecular flexibility index (Phi) is 3.89. The van der Waals surface area contributed by atoms with Crippen LogP contribution in [-0.4, -0.2) is 25.8 Å². The second-order valence-electron chi connectivity index (χ2n) is 4.34. The van der Waals surface area contributed by atoms with Crippen LogP contribution in [-0.2, 0) is 0 Å². The number of aromatic nitrogens is 4. The summed E-state index contributed by atoms with van der Waals surface area (Å²) in [7, 11) is 0. The number of nitrogens with two attached hydrogens (primary N) is 1. The van der Waals surface area contributed by atoms with Crippen LogP contribution < -0.4 is 16.7 Å². The lowest BCUT2D eigenvalue weighted by Gasteiger charge is -2.09. The number of aromatic amines is 1. The summed E-state index contributed by atoms with van der Waals surface area (Å²) in [4.78, 5) is 37.6. The zero-order valence-corrected chi connectivity index (χ0v) is 13.0. The van der Waals surface area contributed by atoms with Crippen molar-refractivity contribution in [2.75, 3.05) is 11.1 Å². The maximum absolute atomic E-state index is 12.3. The predicted octanol–water partition coefficient (Wildman–Crippen LogP) is 1.42. The van der Waals surface area contributed by atoms with Crippen molar-refractivity contribution in [2.24, 2.45) is 0 Å². The first-order valence-corrected chi connectivity index (χ1v) is 7.06. The number of H-pyrrole nitrogens is 1. The fourth-order valence-corrected chi connectivity index (χ4v) is 2.11. The monoisotopic (exact) mass is 376 g/mol. The van der Waals surface area contributed by atoms with Gasteiger partial charge in [-0.05, 0) is 28.1 Å². The van der Waals surface area contributed by atoms with Gasteiger partial charge in [0.25, 0.3) is 5.91 Å². The number of carbonyl (C=O) groups excluding carboxylic acids is 1. The van der Waals surface area contributed by atoms with E-state index in [1.165, 1.54) is 18.7 Å². The highest BCUT2D eigenvalue weighted by atomic mass is 79.9. The molecule has 0 radical (unpaired) electrons. The third-order valence-corrected chi connectivity index (χ3v) is 3.21. The Hall–Kier alpha value is -3.01. The van der Waals surface area contributed by atoms with E-state index in [4.69, 9.17) is 10.2 Å². The molecular weight excluding hydrogens is 368 g/mol. The molecule has 3 rings (SSSR count). The van der Waals surface area contributed by atoms with Crippen molar-refractivity contribution < 1.29 is 9.21 Å². The van der Waals surface area contributed by atoms with Gasteiger partial charge in [-0.25, -0.2) is 19.7 Å². The highest BCUT2D eigenvalue weighted by molar-refractivity contribution is 9.10. The number of halogens is 1. The summed E-state index contributed by atoms with van der Waals surface area (Å²) in [5.74, 6) is -0.129. The lowest BCUT2D eigenvalue weighted by molar-refractivity contribution is 0.102. The minimum Gasteiger partial charge on any atom is -0.464 e. The SMILES string of the molecule is Nc1ncc(Br)nc1C(=O)Nc1[nH]c(=O)ncc1-c1ccco1. The van der Waals surface area contributed by atoms with Gasteiger partial charge in [0.15, 0.2) is 11.5 Å². The van der Waals surface area contributed by atoms with E-state index in [0.29, 0.717) is 15.9 Å². The van der Waals surface area contributed by atoms with Gasteiger partial charge in [0, 0.05) is 6.20 Å². The van der Waals surface area contributed by atoms with Crippen LogP contribution in [0.2, 0.25) is 0 Å². The van der Waals surface area contributed by atoms with E-state index in [-0.39, 0.29) is 17.3 Å². The molecule has 0 aliphatic carbocycles. The minimum absolute atomic E-state index is 0.0401. The summed E-state index contributed by atoms with van der Waals surface area (Å²) < 4.78 is 5.61. The molecule has 3 aromatic rings. The number of nitrogens with zero attached hydrogens (tertiary/aromatic N) is 3. The molecule has 3 heterocycles. The van der Waals surface area contributed by atoms with Crippen LogP contribution in [0.25, 0.3) is 11.3 Å². The third-order valence-electron chi connectivity index (χ3n) is 2.82. The van der Waals surface area contributed by atoms with Crippen molar-refractivity contribution >= 4 is 33.5 Å². The first kappa shape index (κ1) is 14.9. The van der Waals surface area contributed by atoms with E-state index in [0.717, 1.165) is 0 Å². The molecule has 0 saturated carbocycles. The Morgan fingerprint density at radius 3 is 2.91 bits per heavy atom. The molecule has 0 aliphatic heterocycles. The van der Waals surface area contributed by atoms with Crippen LogP contribution in [0.4, 0.5) is 11.6 Å². The summed E-state index contributed by atoms with van der Waals surface area (Å²) in [6.45, 7) is 0. The smallest absolute Gasteiger partial charge is 0.346 e. The topological polar surface area (TPSA) is 140 Å². The van der Waals surface area contributed by atoms with E-state index >= 15 is 0 Å². The van der Waals surface area contributed by atoms with Crippen LogP contribution >= 0.6 is 15.9 Å². The molecule has 0 atom stereocenters. The van der Waals surface area contributed by atoms with Gasteiger partial charge in [-0.2, -0.15) is 0 Å². The predicted molar refractivity (Wildman–Crippen MR) is 84.7 cm³/mol. The molecule has 10 heteroatoms. The first-order valence-electron chi connectivity index (χ1n) is 6.27. The van der Waals surface area contributed by atoms with Crippen LogP contribution in [0.3, 0.4) is 0 Å². The van der Waals surface area contributed by atoms with E-state index in [2.05, 4.69) is 41.2 Å². The van der Waals surface area contributed by atoms with Crippen LogP contribution in [0.5, 0.6) is 0 Å². The molecule has 116 valence electrons. The van der Waals surface area contributed by atoms with E-state index in [1.807, 2.05) is 0 Å². The number of nitrogens with one attached hydrogen (secondary N) is 2. The van der Waals surface area contributed by atoms with E-state index in [1.54, 1.807) is 12.1 Å². The lowest BCUT2D eigenvalue weighted by Crippen LogP contribution is -2.21. The van der Waals surface area contributed by atoms with Crippen molar-refractivity contribution in [1.29, 1.82) is 0 Å². The van der Waals surface area contributed by atoms with Crippen molar-refractivity contribution in [3.63, 3.8) is 0 Å². The maximum Gasteiger partial charge on any atom is 0.346 e. The normalized spacial score (nSPS) is 10.5. The van der Waals surface area contributed by atoms with Gasteiger partial charge >= 0.3 is 5.69 Å². The van der Waals surface area contributed by atoms with Gasteiger partial charge in [0.05, 0.1) is 18.0 Å². The fourth-order valence-electron chi connectivity index (χ4n) is 1.83. The highest BCUT2D eigenvalue weighted by Crippen LogP contribution is 2.25. The number of hydrogen-bond acceptors (Lipinski definition) is 7. The molecule has 0 unspecified atom stereocenters. The Labute approximate surface area is 137 Å². The maximum atomic E-state index is 12.3. The number of furan rings is 1. The molecular formula is C13H9BrN6O3. The summed E-state index contributed by atoms with van der Waals surface area (Å²) in [6.07, 6.45) is 4.13. The largest absolute Gasteiger partial charge is 0.464 e. The van der Waals surface area contributed by atoms with Gasteiger partial charge in [0.1, 0.15) is 16.2 Å². The molecule has 0 fully saturated rings. The van der Waals surface area contributed by atoms with Crippen molar-refractivity contribution in [3.05, 3.63) is 51.6 Å². The van der Waals surface area contributed by atoms with Crippen molar-refractivity contribution in [1.82, 2.24) is 19.9 Å². The number of hydrogen-bond donors (Lipinski definition) is 3. The zero-order chi connectivity index (χ0) is 16.4. The van der Waals surface area contributed by atoms with Gasteiger partial charge in [-0.3, -0.25) is 9.78 Å². The number of amides is 1. The quantitative estimate of drug-likeness (QED) is 0.627. The number of rotatable bonds is 3. The van der Waals surface area contributed by atoms with Crippen LogP contribution in [0, 0.1) is 0 Å². The number of anilines is 2. The molecule has 0 aliphatic rings. The Balaban J connectivity index is 2.00. The Morgan fingerprint density at radius 1 is 1.35 bits per heavy atom. The molecule has 1 amide bonds. The van der Waals surface area contributed by atoms with Crippen LogP contribution in [0.1, 0.15) is 10.5 Å². The highest BCUT2D eigenvalue weighted by Gasteiger charge is 2.17. The van der Waals surface area contributed by atoms with Gasteiger partial charge in [-0.1, -0.05) is 0 Å². The molecule has 0 saturated heterocycles. The summed E-state index contributed by atoms with van der Waals surface area (Å²) in [5, 5.41) is 2.53. The van der Waals surface area contributed by atoms with Crippen molar-refractivity contribution in [3.8, 4) is 11.3 Å². The second kappa shape index (κ2) is 6.01. The summed E-state index contributed by atoms with van der Waals surface area (Å²) in [5.41, 5.74) is 5.35. The molecule has 0 spiro atoms. The van der Waals surface area contributed by atoms with Gasteiger partial charge < -0.3 is 15.5 Å². The molecule has 0 aromatic carbocycles. The van der Waals surface area contributed by atoms with Crippen molar-refractivity contribution in [2.45, 2.75) is 0 Å². The zero-order valence-electron chi connectivity index (χ0n) is 11.4. The average Bonchev–Trinajstić information content (AvgIpc) is 3.04. The minimum atomic E-state index is -0.633. The first-order chi connectivity index (χ1) is 11.0. The summed E-state index contributed by atoms with van der Waals surface area (Å²) in [6, 6.07) is 3.34. The van der Waals surface area contributed by atoms with Gasteiger partial charge in [0.2, 0.25) is 0 Å². The lowest BCUT2D eigenvalue weighted by atomic mass is 10.2. The summed E-state index contributed by atoms with van der Waals surface area (Å²) >= 11 is 3.12. The van der Waals surface area contributed by atoms with Crippen LogP contribution in [0.15, 0.2) is 44.6 Å². The Bertz CT molecular complexity index is 922.